The number of hydrogen-bond donors (Lipinski definition) is 1. The van der Waals surface area contributed by atoms with Crippen LogP contribution in [0.15, 0.2) is 12.4 Å². The van der Waals surface area contributed by atoms with E-state index in [0.29, 0.717) is 6.54 Å². The number of rotatable bonds is 4. The van der Waals surface area contributed by atoms with Crippen LogP contribution in [0.3, 0.4) is 0 Å². The van der Waals surface area contributed by atoms with Crippen LogP contribution in [0.25, 0.3) is 0 Å². The van der Waals surface area contributed by atoms with Gasteiger partial charge >= 0.3 is 0 Å². The van der Waals surface area contributed by atoms with Gasteiger partial charge in [0, 0.05) is 24.9 Å². The maximum absolute atomic E-state index is 11.4. The first-order valence-electron chi connectivity index (χ1n) is 4.92. The minimum atomic E-state index is 0.0349. The van der Waals surface area contributed by atoms with E-state index in [1.54, 1.807) is 6.20 Å². The highest BCUT2D eigenvalue weighted by Gasteiger charge is 2.06. The Balaban J connectivity index is 2.55. The summed E-state index contributed by atoms with van der Waals surface area (Å²) in [7, 11) is 0. The number of carbonyl (C=O) groups is 1. The third kappa shape index (κ3) is 2.87. The van der Waals surface area contributed by atoms with Crippen molar-refractivity contribution in [2.45, 2.75) is 39.8 Å². The van der Waals surface area contributed by atoms with Crippen LogP contribution in [-0.2, 0) is 17.8 Å². The lowest BCUT2D eigenvalue weighted by atomic mass is 10.4. The second-order valence-corrected chi connectivity index (χ2v) is 3.55. The van der Waals surface area contributed by atoms with Gasteiger partial charge in [-0.1, -0.05) is 6.92 Å². The van der Waals surface area contributed by atoms with Crippen LogP contribution in [0.5, 0.6) is 0 Å². The van der Waals surface area contributed by atoms with E-state index in [-0.39, 0.29) is 11.9 Å². The van der Waals surface area contributed by atoms with Gasteiger partial charge in [0.05, 0.1) is 0 Å². The maximum atomic E-state index is 11.4. The van der Waals surface area contributed by atoms with Crippen molar-refractivity contribution >= 4 is 5.91 Å². The van der Waals surface area contributed by atoms with Gasteiger partial charge in [0.15, 0.2) is 0 Å². The molecule has 4 heteroatoms. The molecule has 0 fully saturated rings. The van der Waals surface area contributed by atoms with Crippen molar-refractivity contribution in [2.75, 3.05) is 0 Å². The van der Waals surface area contributed by atoms with Gasteiger partial charge in [0.25, 0.3) is 0 Å². The molecular formula is C10H17N3O. The normalized spacial score (nSPS) is 10.6. The molecule has 0 saturated heterocycles. The Hall–Kier alpha value is -1.32. The van der Waals surface area contributed by atoms with Crippen LogP contribution >= 0.6 is 0 Å². The molecule has 1 N–H and O–H groups in total. The molecule has 1 aromatic heterocycles. The Morgan fingerprint density at radius 2 is 2.36 bits per heavy atom. The van der Waals surface area contributed by atoms with Crippen LogP contribution in [-0.4, -0.2) is 21.5 Å². The average Bonchev–Trinajstić information content (AvgIpc) is 2.50. The molecule has 0 aliphatic rings. The Labute approximate surface area is 84.3 Å². The number of aryl methyl sites for hydroxylation is 1. The van der Waals surface area contributed by atoms with E-state index < -0.39 is 0 Å². The molecule has 0 spiro atoms. The molecule has 1 aromatic rings. The van der Waals surface area contributed by atoms with E-state index in [9.17, 15) is 4.79 Å². The lowest BCUT2D eigenvalue weighted by molar-refractivity contribution is -0.122. The summed E-state index contributed by atoms with van der Waals surface area (Å²) in [5.74, 6) is 0.983. The fraction of sp³-hybridized carbons (Fsp3) is 0.600. The fourth-order valence-electron chi connectivity index (χ4n) is 1.32. The first-order valence-corrected chi connectivity index (χ1v) is 4.92. The van der Waals surface area contributed by atoms with Crippen molar-refractivity contribution in [1.82, 2.24) is 14.9 Å². The predicted molar refractivity (Wildman–Crippen MR) is 54.9 cm³/mol. The van der Waals surface area contributed by atoms with Gasteiger partial charge in [0.2, 0.25) is 5.91 Å². The molecule has 14 heavy (non-hydrogen) atoms. The molecule has 0 bridgehead atoms. The summed E-state index contributed by atoms with van der Waals surface area (Å²) in [6.07, 6.45) is 4.40. The summed E-state index contributed by atoms with van der Waals surface area (Å²) in [6, 6.07) is 0.191. The van der Waals surface area contributed by atoms with E-state index in [0.717, 1.165) is 12.2 Å². The summed E-state index contributed by atoms with van der Waals surface area (Å²) < 4.78 is 1.87. The van der Waals surface area contributed by atoms with E-state index >= 15 is 0 Å². The molecule has 1 amide bonds. The zero-order valence-electron chi connectivity index (χ0n) is 8.95. The van der Waals surface area contributed by atoms with Crippen molar-refractivity contribution in [1.29, 1.82) is 0 Å². The molecule has 0 aliphatic carbocycles. The standard InChI is InChI=1S/C10H17N3O/c1-4-9-11-5-6-13(9)7-10(14)12-8(2)3/h5-6,8H,4,7H2,1-3H3,(H,12,14). The van der Waals surface area contributed by atoms with Gasteiger partial charge in [0.1, 0.15) is 12.4 Å². The van der Waals surface area contributed by atoms with Crippen molar-refractivity contribution in [2.24, 2.45) is 0 Å². The second-order valence-electron chi connectivity index (χ2n) is 3.55. The van der Waals surface area contributed by atoms with Gasteiger partial charge in [-0.15, -0.1) is 0 Å². The van der Waals surface area contributed by atoms with Gasteiger partial charge in [-0.05, 0) is 13.8 Å². The minimum absolute atomic E-state index is 0.0349. The van der Waals surface area contributed by atoms with Crippen LogP contribution < -0.4 is 5.32 Å². The molecule has 0 aromatic carbocycles. The third-order valence-electron chi connectivity index (χ3n) is 1.88. The lowest BCUT2D eigenvalue weighted by Gasteiger charge is -2.09. The molecule has 0 unspecified atom stereocenters. The third-order valence-corrected chi connectivity index (χ3v) is 1.88. The van der Waals surface area contributed by atoms with Crippen LogP contribution in [0.2, 0.25) is 0 Å². The van der Waals surface area contributed by atoms with Gasteiger partial charge in [-0.3, -0.25) is 4.79 Å². The Morgan fingerprint density at radius 3 is 2.93 bits per heavy atom. The van der Waals surface area contributed by atoms with Crippen molar-refractivity contribution < 1.29 is 4.79 Å². The number of amides is 1. The van der Waals surface area contributed by atoms with E-state index in [1.165, 1.54) is 0 Å². The number of nitrogens with one attached hydrogen (secondary N) is 1. The van der Waals surface area contributed by atoms with Crippen LogP contribution in [0.1, 0.15) is 26.6 Å². The largest absolute Gasteiger partial charge is 0.352 e. The molecule has 1 rings (SSSR count). The van der Waals surface area contributed by atoms with Crippen molar-refractivity contribution in [3.8, 4) is 0 Å². The van der Waals surface area contributed by atoms with Crippen molar-refractivity contribution in [3.05, 3.63) is 18.2 Å². The van der Waals surface area contributed by atoms with Crippen molar-refractivity contribution in [3.63, 3.8) is 0 Å². The quantitative estimate of drug-likeness (QED) is 0.778. The molecule has 78 valence electrons. The smallest absolute Gasteiger partial charge is 0.240 e. The van der Waals surface area contributed by atoms with Gasteiger partial charge in [-0.25, -0.2) is 4.98 Å². The Morgan fingerprint density at radius 1 is 1.64 bits per heavy atom. The lowest BCUT2D eigenvalue weighted by Crippen LogP contribution is -2.33. The summed E-state index contributed by atoms with van der Waals surface area (Å²) in [5.41, 5.74) is 0. The second kappa shape index (κ2) is 4.79. The Bertz CT molecular complexity index is 304. The van der Waals surface area contributed by atoms with Crippen LogP contribution in [0.4, 0.5) is 0 Å². The molecule has 0 radical (unpaired) electrons. The number of nitrogens with zero attached hydrogens (tertiary/aromatic N) is 2. The van der Waals surface area contributed by atoms with E-state index in [1.807, 2.05) is 31.5 Å². The molecule has 0 saturated carbocycles. The molecule has 1 heterocycles. The summed E-state index contributed by atoms with van der Waals surface area (Å²) >= 11 is 0. The SMILES string of the molecule is CCc1nccn1CC(=O)NC(C)C. The highest BCUT2D eigenvalue weighted by molar-refractivity contribution is 5.76. The maximum Gasteiger partial charge on any atom is 0.240 e. The first-order chi connectivity index (χ1) is 6.63. The first kappa shape index (κ1) is 10.8. The number of carbonyl (C=O) groups excluding carboxylic acids is 1. The van der Waals surface area contributed by atoms with Gasteiger partial charge in [-0.2, -0.15) is 0 Å². The van der Waals surface area contributed by atoms with Gasteiger partial charge < -0.3 is 9.88 Å². The minimum Gasteiger partial charge on any atom is -0.352 e. The molecular weight excluding hydrogens is 178 g/mol. The van der Waals surface area contributed by atoms with Crippen LogP contribution in [0, 0.1) is 0 Å². The Kier molecular flexibility index (Phi) is 3.68. The average molecular weight is 195 g/mol. The topological polar surface area (TPSA) is 46.9 Å². The molecule has 0 atom stereocenters. The summed E-state index contributed by atoms with van der Waals surface area (Å²) in [4.78, 5) is 15.6. The molecule has 0 aliphatic heterocycles. The summed E-state index contributed by atoms with van der Waals surface area (Å²) in [6.45, 7) is 6.29. The highest BCUT2D eigenvalue weighted by Crippen LogP contribution is 1.98. The molecule has 4 nitrogen and oxygen atoms in total. The number of imidazole rings is 1. The zero-order chi connectivity index (χ0) is 10.6. The highest BCUT2D eigenvalue weighted by atomic mass is 16.2. The van der Waals surface area contributed by atoms with E-state index in [4.69, 9.17) is 0 Å². The predicted octanol–water partition coefficient (Wildman–Crippen LogP) is 0.970. The monoisotopic (exact) mass is 195 g/mol. The summed E-state index contributed by atoms with van der Waals surface area (Å²) in [5, 5.41) is 2.84. The number of aromatic nitrogens is 2. The number of hydrogen-bond acceptors (Lipinski definition) is 2. The van der Waals surface area contributed by atoms with E-state index in [2.05, 4.69) is 10.3 Å². The fourth-order valence-corrected chi connectivity index (χ4v) is 1.32. The zero-order valence-corrected chi connectivity index (χ0v) is 8.95.